The lowest BCUT2D eigenvalue weighted by atomic mass is 10.1. The maximum absolute atomic E-state index is 12.3. The third kappa shape index (κ3) is 4.34. The van der Waals surface area contributed by atoms with Crippen molar-refractivity contribution in [2.75, 3.05) is 31.0 Å². The average Bonchev–Trinajstić information content (AvgIpc) is 3.12. The van der Waals surface area contributed by atoms with E-state index < -0.39 is 0 Å². The highest BCUT2D eigenvalue weighted by atomic mass is 16.5. The number of carbonyl (C=O) groups is 2. The largest absolute Gasteiger partial charge is 0.497 e. The summed E-state index contributed by atoms with van der Waals surface area (Å²) in [6.45, 7) is 2.68. The number of nitrogens with one attached hydrogen (secondary N) is 1. The molecule has 0 saturated carbocycles. The summed E-state index contributed by atoms with van der Waals surface area (Å²) in [7, 11) is 3.17. The number of ether oxygens (including phenoxy) is 2. The first-order valence-corrected chi connectivity index (χ1v) is 9.14. The molecule has 1 aliphatic heterocycles. The minimum Gasteiger partial charge on any atom is -0.497 e. The molecule has 0 aromatic heterocycles. The fraction of sp³-hybridized carbons (Fsp3) is 0.273. The highest BCUT2D eigenvalue weighted by Gasteiger charge is 2.22. The van der Waals surface area contributed by atoms with Crippen LogP contribution in [-0.2, 0) is 9.59 Å². The van der Waals surface area contributed by atoms with Crippen LogP contribution >= 0.6 is 0 Å². The van der Waals surface area contributed by atoms with Gasteiger partial charge in [0.15, 0.2) is 0 Å². The summed E-state index contributed by atoms with van der Waals surface area (Å²) < 4.78 is 10.5. The second-order valence-electron chi connectivity index (χ2n) is 6.58. The fourth-order valence-electron chi connectivity index (χ4n) is 3.26. The minimum absolute atomic E-state index is 0.148. The Kier molecular flexibility index (Phi) is 5.99. The minimum atomic E-state index is -0.255. The zero-order valence-corrected chi connectivity index (χ0v) is 16.3. The van der Waals surface area contributed by atoms with E-state index in [-0.39, 0.29) is 11.8 Å². The third-order valence-electron chi connectivity index (χ3n) is 4.68. The van der Waals surface area contributed by atoms with E-state index in [1.54, 1.807) is 43.4 Å². The molecule has 0 unspecified atom stereocenters. The molecule has 1 fully saturated rings. The van der Waals surface area contributed by atoms with Crippen molar-refractivity contribution in [3.8, 4) is 11.5 Å². The summed E-state index contributed by atoms with van der Waals surface area (Å²) in [6.07, 6.45) is 4.61. The molecule has 0 bridgehead atoms. The highest BCUT2D eigenvalue weighted by Crippen LogP contribution is 2.28. The fourth-order valence-corrected chi connectivity index (χ4v) is 3.26. The molecule has 1 saturated heterocycles. The Hall–Kier alpha value is -3.28. The van der Waals surface area contributed by atoms with Crippen molar-refractivity contribution in [3.63, 3.8) is 0 Å². The normalized spacial score (nSPS) is 13.8. The van der Waals surface area contributed by atoms with Crippen molar-refractivity contribution in [2.24, 2.45) is 0 Å². The lowest BCUT2D eigenvalue weighted by molar-refractivity contribution is -0.117. The van der Waals surface area contributed by atoms with E-state index in [4.69, 9.17) is 9.47 Å². The standard InChI is InChI=1S/C22H24N2O4/c1-15-13-17(7-9-19(15)24-12-4-5-22(24)26)23-21(25)11-6-16-14-18(27-2)8-10-20(16)28-3/h6-11,13-14H,4-5,12H2,1-3H3,(H,23,25)/b11-6+. The molecule has 1 heterocycles. The van der Waals surface area contributed by atoms with E-state index >= 15 is 0 Å². The zero-order valence-electron chi connectivity index (χ0n) is 16.3. The smallest absolute Gasteiger partial charge is 0.248 e. The Morgan fingerprint density at radius 1 is 1.14 bits per heavy atom. The lowest BCUT2D eigenvalue weighted by Crippen LogP contribution is -2.24. The molecule has 6 nitrogen and oxygen atoms in total. The van der Waals surface area contributed by atoms with Gasteiger partial charge in [-0.1, -0.05) is 0 Å². The molecule has 0 aliphatic carbocycles. The van der Waals surface area contributed by atoms with Crippen molar-refractivity contribution in [2.45, 2.75) is 19.8 Å². The number of nitrogens with zero attached hydrogens (tertiary/aromatic N) is 1. The average molecular weight is 380 g/mol. The van der Waals surface area contributed by atoms with Crippen molar-refractivity contribution >= 4 is 29.3 Å². The predicted octanol–water partition coefficient (Wildman–Crippen LogP) is 3.79. The number of carbonyl (C=O) groups excluding carboxylic acids is 2. The number of amides is 2. The first kappa shape index (κ1) is 19.5. The summed E-state index contributed by atoms with van der Waals surface area (Å²) in [5.74, 6) is 1.23. The van der Waals surface area contributed by atoms with Gasteiger partial charge < -0.3 is 19.7 Å². The van der Waals surface area contributed by atoms with Gasteiger partial charge in [0.1, 0.15) is 11.5 Å². The molecular weight excluding hydrogens is 356 g/mol. The van der Waals surface area contributed by atoms with Gasteiger partial charge in [0, 0.05) is 36.0 Å². The molecule has 1 N–H and O–H groups in total. The second kappa shape index (κ2) is 8.61. The molecule has 0 atom stereocenters. The first-order chi connectivity index (χ1) is 13.5. The Morgan fingerprint density at radius 2 is 1.96 bits per heavy atom. The monoisotopic (exact) mass is 380 g/mol. The number of hydrogen-bond donors (Lipinski definition) is 1. The Bertz CT molecular complexity index is 921. The molecule has 146 valence electrons. The topological polar surface area (TPSA) is 67.9 Å². The molecule has 3 rings (SSSR count). The highest BCUT2D eigenvalue weighted by molar-refractivity contribution is 6.02. The van der Waals surface area contributed by atoms with Crippen LogP contribution in [0.4, 0.5) is 11.4 Å². The molecule has 6 heteroatoms. The van der Waals surface area contributed by atoms with Crippen LogP contribution in [0.1, 0.15) is 24.0 Å². The van der Waals surface area contributed by atoms with E-state index in [1.807, 2.05) is 25.1 Å². The van der Waals surface area contributed by atoms with Crippen LogP contribution in [0, 0.1) is 6.92 Å². The SMILES string of the molecule is COc1ccc(OC)c(/C=C/C(=O)Nc2ccc(N3CCCC3=O)c(C)c2)c1. The summed E-state index contributed by atoms with van der Waals surface area (Å²) in [6, 6.07) is 11.0. The van der Waals surface area contributed by atoms with Gasteiger partial charge in [0.25, 0.3) is 0 Å². The van der Waals surface area contributed by atoms with Crippen LogP contribution in [0.15, 0.2) is 42.5 Å². The van der Waals surface area contributed by atoms with Gasteiger partial charge in [0.2, 0.25) is 11.8 Å². The molecule has 2 aromatic carbocycles. The zero-order chi connectivity index (χ0) is 20.1. The van der Waals surface area contributed by atoms with E-state index in [1.165, 1.54) is 6.08 Å². The Labute approximate surface area is 164 Å². The molecule has 2 aromatic rings. The van der Waals surface area contributed by atoms with E-state index in [0.29, 0.717) is 23.6 Å². The summed E-state index contributed by atoms with van der Waals surface area (Å²) in [4.78, 5) is 26.0. The third-order valence-corrected chi connectivity index (χ3v) is 4.68. The molecule has 0 spiro atoms. The van der Waals surface area contributed by atoms with Crippen molar-refractivity contribution < 1.29 is 19.1 Å². The number of aryl methyl sites for hydroxylation is 1. The summed E-state index contributed by atoms with van der Waals surface area (Å²) in [5, 5.41) is 2.85. The molecule has 2 amide bonds. The van der Waals surface area contributed by atoms with Gasteiger partial charge in [-0.05, 0) is 61.4 Å². The van der Waals surface area contributed by atoms with Gasteiger partial charge in [-0.3, -0.25) is 9.59 Å². The first-order valence-electron chi connectivity index (χ1n) is 9.14. The van der Waals surface area contributed by atoms with Crippen LogP contribution in [0.25, 0.3) is 6.08 Å². The summed E-state index contributed by atoms with van der Waals surface area (Å²) in [5.41, 5.74) is 3.28. The Balaban J connectivity index is 1.70. The number of anilines is 2. The molecular formula is C22H24N2O4. The number of hydrogen-bond acceptors (Lipinski definition) is 4. The lowest BCUT2D eigenvalue weighted by Gasteiger charge is -2.19. The molecule has 28 heavy (non-hydrogen) atoms. The van der Waals surface area contributed by atoms with Crippen molar-refractivity contribution in [1.29, 1.82) is 0 Å². The van der Waals surface area contributed by atoms with Crippen molar-refractivity contribution in [3.05, 3.63) is 53.6 Å². The second-order valence-corrected chi connectivity index (χ2v) is 6.58. The molecule has 1 aliphatic rings. The van der Waals surface area contributed by atoms with Gasteiger partial charge in [-0.15, -0.1) is 0 Å². The van der Waals surface area contributed by atoms with Crippen LogP contribution in [0.3, 0.4) is 0 Å². The van der Waals surface area contributed by atoms with E-state index in [2.05, 4.69) is 5.32 Å². The summed E-state index contributed by atoms with van der Waals surface area (Å²) >= 11 is 0. The van der Waals surface area contributed by atoms with Gasteiger partial charge >= 0.3 is 0 Å². The van der Waals surface area contributed by atoms with E-state index in [0.717, 1.165) is 29.8 Å². The van der Waals surface area contributed by atoms with Crippen LogP contribution in [0.2, 0.25) is 0 Å². The number of benzene rings is 2. The van der Waals surface area contributed by atoms with Crippen molar-refractivity contribution in [1.82, 2.24) is 0 Å². The van der Waals surface area contributed by atoms with Gasteiger partial charge in [0.05, 0.1) is 14.2 Å². The van der Waals surface area contributed by atoms with Crippen LogP contribution in [0.5, 0.6) is 11.5 Å². The van der Waals surface area contributed by atoms with Crippen LogP contribution < -0.4 is 19.7 Å². The van der Waals surface area contributed by atoms with Gasteiger partial charge in [-0.25, -0.2) is 0 Å². The quantitative estimate of drug-likeness (QED) is 0.774. The number of methoxy groups -OCH3 is 2. The predicted molar refractivity (Wildman–Crippen MR) is 110 cm³/mol. The van der Waals surface area contributed by atoms with E-state index in [9.17, 15) is 9.59 Å². The molecule has 0 radical (unpaired) electrons. The van der Waals surface area contributed by atoms with Gasteiger partial charge in [-0.2, -0.15) is 0 Å². The number of rotatable bonds is 6. The Morgan fingerprint density at radius 3 is 2.61 bits per heavy atom. The maximum Gasteiger partial charge on any atom is 0.248 e. The maximum atomic E-state index is 12.3. The van der Waals surface area contributed by atoms with Crippen LogP contribution in [-0.4, -0.2) is 32.6 Å².